The first-order valence-corrected chi connectivity index (χ1v) is 15.9. The highest BCUT2D eigenvalue weighted by Crippen LogP contribution is 2.41. The van der Waals surface area contributed by atoms with E-state index in [0.717, 1.165) is 37.8 Å². The van der Waals surface area contributed by atoms with Crippen LogP contribution in [0.2, 0.25) is 18.1 Å². The lowest BCUT2D eigenvalue weighted by atomic mass is 9.90. The van der Waals surface area contributed by atoms with Gasteiger partial charge in [0, 0.05) is 24.8 Å². The predicted molar refractivity (Wildman–Crippen MR) is 145 cm³/mol. The molecule has 1 aliphatic carbocycles. The summed E-state index contributed by atoms with van der Waals surface area (Å²) in [5.74, 6) is -0.104. The first-order valence-electron chi connectivity index (χ1n) is 13.0. The fourth-order valence-electron chi connectivity index (χ4n) is 4.59. The quantitative estimate of drug-likeness (QED) is 0.146. The smallest absolute Gasteiger partial charge is 0.306 e. The minimum Gasteiger partial charge on any atom is -0.469 e. The average molecular weight is 507 g/mol. The average Bonchev–Trinajstić information content (AvgIpc) is 2.76. The first-order chi connectivity index (χ1) is 16.2. The summed E-state index contributed by atoms with van der Waals surface area (Å²) in [6.07, 6.45) is 4.35. The molecular formula is C27H46N2O5Si. The van der Waals surface area contributed by atoms with Crippen molar-refractivity contribution < 1.29 is 18.9 Å². The number of nitro benzene ring substituents is 1. The van der Waals surface area contributed by atoms with Crippen molar-refractivity contribution in [2.75, 3.05) is 18.6 Å². The summed E-state index contributed by atoms with van der Waals surface area (Å²) in [7, 11) is -0.466. The van der Waals surface area contributed by atoms with Crippen LogP contribution in [0.5, 0.6) is 0 Å². The molecule has 35 heavy (non-hydrogen) atoms. The number of hydrogen-bond donors (Lipinski definition) is 0. The second-order valence-electron chi connectivity index (χ2n) is 12.0. The van der Waals surface area contributed by atoms with Crippen LogP contribution in [0, 0.1) is 16.0 Å². The minimum absolute atomic E-state index is 0.111. The summed E-state index contributed by atoms with van der Waals surface area (Å²) in [6.45, 7) is 18.4. The molecule has 0 spiro atoms. The van der Waals surface area contributed by atoms with Crippen LogP contribution in [0.15, 0.2) is 18.2 Å². The number of rotatable bonds is 10. The van der Waals surface area contributed by atoms with Crippen molar-refractivity contribution >= 4 is 25.7 Å². The van der Waals surface area contributed by atoms with Gasteiger partial charge in [0.05, 0.1) is 18.5 Å². The van der Waals surface area contributed by atoms with Crippen molar-refractivity contribution in [3.05, 3.63) is 33.9 Å². The van der Waals surface area contributed by atoms with Crippen LogP contribution < -0.4 is 4.90 Å². The van der Waals surface area contributed by atoms with Gasteiger partial charge in [-0.2, -0.15) is 0 Å². The van der Waals surface area contributed by atoms with E-state index in [1.807, 2.05) is 19.1 Å². The molecule has 0 saturated heterocycles. The highest BCUT2D eigenvalue weighted by Gasteiger charge is 2.40. The molecule has 198 valence electrons. The van der Waals surface area contributed by atoms with Crippen LogP contribution >= 0.6 is 0 Å². The number of esters is 1. The lowest BCUT2D eigenvalue weighted by Crippen LogP contribution is -2.47. The van der Waals surface area contributed by atoms with Crippen molar-refractivity contribution in [2.45, 2.75) is 110 Å². The van der Waals surface area contributed by atoms with Gasteiger partial charge in [0.15, 0.2) is 8.32 Å². The van der Waals surface area contributed by atoms with Gasteiger partial charge in [-0.25, -0.2) is 0 Å². The van der Waals surface area contributed by atoms with Gasteiger partial charge in [-0.3, -0.25) is 14.9 Å². The largest absolute Gasteiger partial charge is 0.469 e. The molecule has 1 aromatic carbocycles. The molecule has 0 aromatic heterocycles. The zero-order chi connectivity index (χ0) is 26.6. The number of anilines is 1. The molecule has 0 heterocycles. The Kier molecular flexibility index (Phi) is 9.93. The molecule has 1 aromatic rings. The maximum atomic E-state index is 12.1. The molecule has 0 N–H and O–H groups in total. The Morgan fingerprint density at radius 1 is 1.17 bits per heavy atom. The van der Waals surface area contributed by atoms with Crippen molar-refractivity contribution in [3.63, 3.8) is 0 Å². The van der Waals surface area contributed by atoms with E-state index < -0.39 is 8.32 Å². The van der Waals surface area contributed by atoms with Gasteiger partial charge < -0.3 is 14.1 Å². The third-order valence-electron chi connectivity index (χ3n) is 7.69. The molecule has 7 nitrogen and oxygen atoms in total. The summed E-state index contributed by atoms with van der Waals surface area (Å²) in [6, 6.07) is 5.69. The van der Waals surface area contributed by atoms with Crippen LogP contribution in [0.25, 0.3) is 0 Å². The Labute approximate surface area is 212 Å². The normalized spacial score (nSPS) is 19.9. The number of nitro groups is 1. The Balaban J connectivity index is 2.26. The summed E-state index contributed by atoms with van der Waals surface area (Å²) in [5.41, 5.74) is 1.56. The van der Waals surface area contributed by atoms with E-state index in [-0.39, 0.29) is 46.1 Å². The molecule has 2 rings (SSSR count). The third kappa shape index (κ3) is 7.77. The Bertz CT molecular complexity index is 873. The van der Waals surface area contributed by atoms with E-state index in [1.54, 1.807) is 6.07 Å². The van der Waals surface area contributed by atoms with Gasteiger partial charge in [-0.1, -0.05) is 47.6 Å². The molecule has 8 heteroatoms. The van der Waals surface area contributed by atoms with Gasteiger partial charge in [0.25, 0.3) is 5.69 Å². The van der Waals surface area contributed by atoms with Crippen molar-refractivity contribution in [3.8, 4) is 0 Å². The SMILES string of the molecule is COC(=O)CC(C)c1ccc(N(CC(C)C)C2CCC(O[Si](C)(C)C(C)(C)C)CC2)c([N+](=O)[O-])c1. The minimum atomic E-state index is -1.82. The molecule has 0 radical (unpaired) electrons. The van der Waals surface area contributed by atoms with Crippen molar-refractivity contribution in [1.29, 1.82) is 0 Å². The summed E-state index contributed by atoms with van der Waals surface area (Å²) in [5, 5.41) is 12.3. The zero-order valence-electron chi connectivity index (χ0n) is 23.2. The van der Waals surface area contributed by atoms with E-state index in [4.69, 9.17) is 9.16 Å². The third-order valence-corrected chi connectivity index (χ3v) is 12.2. The number of nitrogens with zero attached hydrogens (tertiary/aromatic N) is 2. The summed E-state index contributed by atoms with van der Waals surface area (Å²) in [4.78, 5) is 25.8. The van der Waals surface area contributed by atoms with Crippen LogP contribution in [0.3, 0.4) is 0 Å². The first kappa shape index (κ1) is 29.3. The number of methoxy groups -OCH3 is 1. The topological polar surface area (TPSA) is 81.9 Å². The van der Waals surface area contributed by atoms with Gasteiger partial charge in [-0.05, 0) is 67.3 Å². The van der Waals surface area contributed by atoms with Gasteiger partial charge in [0.1, 0.15) is 5.69 Å². The van der Waals surface area contributed by atoms with Crippen LogP contribution in [-0.4, -0.2) is 45.0 Å². The maximum absolute atomic E-state index is 12.1. The van der Waals surface area contributed by atoms with E-state index in [2.05, 4.69) is 52.6 Å². The summed E-state index contributed by atoms with van der Waals surface area (Å²) < 4.78 is 11.5. The van der Waals surface area contributed by atoms with Gasteiger partial charge in [-0.15, -0.1) is 0 Å². The Hall–Kier alpha value is -1.93. The van der Waals surface area contributed by atoms with E-state index in [9.17, 15) is 14.9 Å². The lowest BCUT2D eigenvalue weighted by molar-refractivity contribution is -0.384. The molecule has 1 fully saturated rings. The van der Waals surface area contributed by atoms with Crippen LogP contribution in [0.4, 0.5) is 11.4 Å². The van der Waals surface area contributed by atoms with E-state index in [1.165, 1.54) is 7.11 Å². The fraction of sp³-hybridized carbons (Fsp3) is 0.741. The fourth-order valence-corrected chi connectivity index (χ4v) is 6.02. The molecule has 0 bridgehead atoms. The van der Waals surface area contributed by atoms with E-state index >= 15 is 0 Å². The highest BCUT2D eigenvalue weighted by molar-refractivity contribution is 6.74. The van der Waals surface area contributed by atoms with Crippen molar-refractivity contribution in [1.82, 2.24) is 0 Å². The Morgan fingerprint density at radius 2 is 1.77 bits per heavy atom. The molecule has 1 unspecified atom stereocenters. The van der Waals surface area contributed by atoms with E-state index in [0.29, 0.717) is 11.6 Å². The molecule has 1 atom stereocenters. The lowest BCUT2D eigenvalue weighted by Gasteiger charge is -2.43. The number of carbonyl (C=O) groups excluding carboxylic acids is 1. The van der Waals surface area contributed by atoms with Crippen molar-refractivity contribution in [2.24, 2.45) is 5.92 Å². The molecular weight excluding hydrogens is 460 g/mol. The van der Waals surface area contributed by atoms with Gasteiger partial charge in [0.2, 0.25) is 0 Å². The molecule has 1 aliphatic rings. The molecule has 0 amide bonds. The number of hydrogen-bond acceptors (Lipinski definition) is 6. The van der Waals surface area contributed by atoms with Gasteiger partial charge >= 0.3 is 5.97 Å². The number of carbonyl (C=O) groups is 1. The maximum Gasteiger partial charge on any atom is 0.306 e. The Morgan fingerprint density at radius 3 is 2.26 bits per heavy atom. The standard InChI is InChI=1S/C27H46N2O5Si/c1-19(2)18-28(22-11-13-23(14-12-22)34-35(8,9)27(4,5)6)24-15-10-21(17-25(24)29(31)32)20(3)16-26(30)33-7/h10,15,17,19-20,22-23H,11-14,16,18H2,1-9H3. The second kappa shape index (κ2) is 11.9. The highest BCUT2D eigenvalue weighted by atomic mass is 28.4. The summed E-state index contributed by atoms with van der Waals surface area (Å²) >= 11 is 0. The number of ether oxygens (including phenoxy) is 1. The zero-order valence-corrected chi connectivity index (χ0v) is 24.2. The molecule has 1 saturated carbocycles. The van der Waals surface area contributed by atoms with Crippen LogP contribution in [0.1, 0.15) is 85.1 Å². The second-order valence-corrected chi connectivity index (χ2v) is 16.8. The van der Waals surface area contributed by atoms with Crippen LogP contribution in [-0.2, 0) is 14.0 Å². The molecule has 0 aliphatic heterocycles. The predicted octanol–water partition coefficient (Wildman–Crippen LogP) is 7.06. The monoisotopic (exact) mass is 506 g/mol. The number of benzene rings is 1.